The molecule has 2 atom stereocenters. The molecule has 0 amide bonds. The Kier molecular flexibility index (Phi) is 2.85. The largest absolute Gasteiger partial charge is 0.377 e. The Bertz CT molecular complexity index is 196. The van der Waals surface area contributed by atoms with E-state index in [1.54, 1.807) is 0 Å². The predicted octanol–water partition coefficient (Wildman–Crippen LogP) is 2.32. The smallest absolute Gasteiger partial charge is 0.0661 e. The van der Waals surface area contributed by atoms with E-state index in [9.17, 15) is 0 Å². The van der Waals surface area contributed by atoms with Gasteiger partial charge in [-0.2, -0.15) is 0 Å². The number of nitrogens with two attached hydrogens (primary N) is 1. The van der Waals surface area contributed by atoms with Crippen LogP contribution in [0, 0.1) is 11.3 Å². The molecule has 2 unspecified atom stereocenters. The van der Waals surface area contributed by atoms with E-state index in [1.165, 1.54) is 25.7 Å². The molecule has 0 saturated heterocycles. The van der Waals surface area contributed by atoms with Crippen LogP contribution in [0.5, 0.6) is 0 Å². The minimum Gasteiger partial charge on any atom is -0.377 e. The van der Waals surface area contributed by atoms with E-state index in [0.29, 0.717) is 17.6 Å². The van der Waals surface area contributed by atoms with Crippen molar-refractivity contribution in [2.75, 3.05) is 6.61 Å². The van der Waals surface area contributed by atoms with Crippen molar-refractivity contribution in [3.05, 3.63) is 0 Å². The first-order valence-corrected chi connectivity index (χ1v) is 6.10. The summed E-state index contributed by atoms with van der Waals surface area (Å²) >= 11 is 0. The lowest BCUT2D eigenvalue weighted by molar-refractivity contribution is -0.133. The quantitative estimate of drug-likeness (QED) is 0.734. The molecule has 82 valence electrons. The average molecular weight is 197 g/mol. The molecule has 0 heterocycles. The minimum atomic E-state index is 0.300. The molecule has 2 N–H and O–H groups in total. The molecule has 0 aromatic heterocycles. The zero-order valence-corrected chi connectivity index (χ0v) is 9.46. The monoisotopic (exact) mass is 197 g/mol. The van der Waals surface area contributed by atoms with Crippen molar-refractivity contribution >= 4 is 0 Å². The molecule has 0 aliphatic heterocycles. The van der Waals surface area contributed by atoms with E-state index in [-0.39, 0.29) is 0 Å². The lowest BCUT2D eigenvalue weighted by Gasteiger charge is -2.53. The molecular formula is C12H23NO. The van der Waals surface area contributed by atoms with Gasteiger partial charge >= 0.3 is 0 Å². The second kappa shape index (κ2) is 3.82. The lowest BCUT2D eigenvalue weighted by atomic mass is 9.59. The highest BCUT2D eigenvalue weighted by Gasteiger charge is 2.51. The van der Waals surface area contributed by atoms with Gasteiger partial charge in [-0.05, 0) is 38.0 Å². The van der Waals surface area contributed by atoms with Crippen molar-refractivity contribution in [2.45, 2.75) is 58.1 Å². The van der Waals surface area contributed by atoms with Gasteiger partial charge in [-0.25, -0.2) is 0 Å². The minimum absolute atomic E-state index is 0.300. The molecule has 2 heteroatoms. The van der Waals surface area contributed by atoms with Gasteiger partial charge in [-0.3, -0.25) is 0 Å². The summed E-state index contributed by atoms with van der Waals surface area (Å²) in [6.07, 6.45) is 6.62. The summed E-state index contributed by atoms with van der Waals surface area (Å²) in [6, 6.07) is 0.377. The van der Waals surface area contributed by atoms with E-state index < -0.39 is 0 Å². The molecule has 2 aliphatic rings. The van der Waals surface area contributed by atoms with Gasteiger partial charge in [0.2, 0.25) is 0 Å². The third-order valence-corrected chi connectivity index (χ3v) is 4.39. The van der Waals surface area contributed by atoms with Gasteiger partial charge in [0.25, 0.3) is 0 Å². The fraction of sp³-hybridized carbons (Fsp3) is 1.00. The van der Waals surface area contributed by atoms with Crippen molar-refractivity contribution in [3.8, 4) is 0 Å². The van der Waals surface area contributed by atoms with Crippen LogP contribution in [0.4, 0.5) is 0 Å². The van der Waals surface area contributed by atoms with Gasteiger partial charge in [0.15, 0.2) is 0 Å². The summed E-state index contributed by atoms with van der Waals surface area (Å²) in [7, 11) is 0. The molecule has 0 spiro atoms. The standard InChI is InChI=1S/C12H23NO/c1-3-12(4-2)10(13)7-11(12)14-8-9-5-6-9/h9-11H,3-8,13H2,1-2H3. The molecule has 0 bridgehead atoms. The average Bonchev–Trinajstić information content (AvgIpc) is 2.98. The van der Waals surface area contributed by atoms with Crippen LogP contribution < -0.4 is 5.73 Å². The maximum atomic E-state index is 6.11. The normalized spacial score (nSPS) is 35.4. The summed E-state index contributed by atoms with van der Waals surface area (Å²) in [4.78, 5) is 0. The van der Waals surface area contributed by atoms with Gasteiger partial charge in [0.05, 0.1) is 6.10 Å². The Hall–Kier alpha value is -0.0800. The fourth-order valence-corrected chi connectivity index (χ4v) is 2.78. The van der Waals surface area contributed by atoms with Crippen molar-refractivity contribution in [2.24, 2.45) is 17.1 Å². The molecule has 0 radical (unpaired) electrons. The van der Waals surface area contributed by atoms with Gasteiger partial charge in [0, 0.05) is 18.1 Å². The highest BCUT2D eigenvalue weighted by molar-refractivity contribution is 5.05. The zero-order valence-electron chi connectivity index (χ0n) is 9.46. The first-order valence-electron chi connectivity index (χ1n) is 6.10. The van der Waals surface area contributed by atoms with Gasteiger partial charge in [-0.1, -0.05) is 13.8 Å². The third kappa shape index (κ3) is 1.59. The lowest BCUT2D eigenvalue weighted by Crippen LogP contribution is -2.61. The molecule has 2 saturated carbocycles. The van der Waals surface area contributed by atoms with Crippen LogP contribution in [-0.2, 0) is 4.74 Å². The van der Waals surface area contributed by atoms with Crippen LogP contribution in [0.3, 0.4) is 0 Å². The van der Waals surface area contributed by atoms with Crippen molar-refractivity contribution < 1.29 is 4.74 Å². The predicted molar refractivity (Wildman–Crippen MR) is 58.1 cm³/mol. The number of hydrogen-bond donors (Lipinski definition) is 1. The summed E-state index contributed by atoms with van der Waals surface area (Å²) in [5.74, 6) is 0.873. The number of ether oxygens (including phenoxy) is 1. The Morgan fingerprint density at radius 3 is 2.36 bits per heavy atom. The van der Waals surface area contributed by atoms with Crippen LogP contribution >= 0.6 is 0 Å². The van der Waals surface area contributed by atoms with Gasteiger partial charge in [0.1, 0.15) is 0 Å². The summed E-state index contributed by atoms with van der Waals surface area (Å²) in [6.45, 7) is 5.48. The van der Waals surface area contributed by atoms with Crippen LogP contribution in [0.1, 0.15) is 46.0 Å². The Morgan fingerprint density at radius 2 is 1.93 bits per heavy atom. The summed E-state index contributed by atoms with van der Waals surface area (Å²) < 4.78 is 5.99. The summed E-state index contributed by atoms with van der Waals surface area (Å²) in [5, 5.41) is 0. The Labute approximate surface area is 87.2 Å². The van der Waals surface area contributed by atoms with Crippen LogP contribution in [0.25, 0.3) is 0 Å². The fourth-order valence-electron chi connectivity index (χ4n) is 2.78. The SMILES string of the molecule is CCC1(CC)C(N)CC1OCC1CC1. The highest BCUT2D eigenvalue weighted by atomic mass is 16.5. The summed E-state index contributed by atoms with van der Waals surface area (Å²) in [5.41, 5.74) is 6.41. The molecule has 0 aromatic rings. The first kappa shape index (κ1) is 10.4. The van der Waals surface area contributed by atoms with Crippen molar-refractivity contribution in [1.29, 1.82) is 0 Å². The van der Waals surface area contributed by atoms with Gasteiger partial charge in [-0.15, -0.1) is 0 Å². The van der Waals surface area contributed by atoms with E-state index in [2.05, 4.69) is 13.8 Å². The molecule has 14 heavy (non-hydrogen) atoms. The van der Waals surface area contributed by atoms with E-state index in [1.807, 2.05) is 0 Å². The van der Waals surface area contributed by atoms with Gasteiger partial charge < -0.3 is 10.5 Å². The molecule has 2 aliphatic carbocycles. The Morgan fingerprint density at radius 1 is 1.29 bits per heavy atom. The highest BCUT2D eigenvalue weighted by Crippen LogP contribution is 2.48. The van der Waals surface area contributed by atoms with Crippen LogP contribution in [-0.4, -0.2) is 18.8 Å². The van der Waals surface area contributed by atoms with E-state index in [0.717, 1.165) is 18.9 Å². The molecule has 0 aromatic carbocycles. The first-order chi connectivity index (χ1) is 6.73. The van der Waals surface area contributed by atoms with Crippen molar-refractivity contribution in [1.82, 2.24) is 0 Å². The van der Waals surface area contributed by atoms with Crippen molar-refractivity contribution in [3.63, 3.8) is 0 Å². The maximum Gasteiger partial charge on any atom is 0.0661 e. The number of rotatable bonds is 5. The molecule has 2 fully saturated rings. The second-order valence-corrected chi connectivity index (χ2v) is 5.05. The molecule has 2 nitrogen and oxygen atoms in total. The molecule has 2 rings (SSSR count). The topological polar surface area (TPSA) is 35.2 Å². The van der Waals surface area contributed by atoms with E-state index >= 15 is 0 Å². The zero-order chi connectivity index (χ0) is 10.2. The van der Waals surface area contributed by atoms with Crippen LogP contribution in [0.2, 0.25) is 0 Å². The van der Waals surface area contributed by atoms with E-state index in [4.69, 9.17) is 10.5 Å². The maximum absolute atomic E-state index is 6.11. The number of hydrogen-bond acceptors (Lipinski definition) is 2. The van der Waals surface area contributed by atoms with Crippen LogP contribution in [0.15, 0.2) is 0 Å². The second-order valence-electron chi connectivity index (χ2n) is 5.05. The third-order valence-electron chi connectivity index (χ3n) is 4.39. The Balaban J connectivity index is 1.85. The molecular weight excluding hydrogens is 174 g/mol.